The van der Waals surface area contributed by atoms with E-state index in [1.165, 1.54) is 30.3 Å². The standard InChI is InChI=1S/C18H13F2NO2.C15H10FNO2.C14H15F2N.H2/c1-2-3-4-12-5-7-13(8-6-12)18(22)23-14-9-16(19)15(11-21)17(20)10-14;1-10-2-4-11(5-3-10)15(18)19-13-7-6-12(9-17)14(16)8-13;1-9-2-4-10(5-3-9)11-6-13(15)12(8-17)14(16)7-11;/h2-3,5-10H,4H2,1H3;2-8H,1H3;6-7,9-10H,2-5H2,1H3;1H/b3-2+;;;. The Morgan fingerprint density at radius 1 is 0.661 bits per heavy atom. The lowest BCUT2D eigenvalue weighted by atomic mass is 9.79. The predicted molar refractivity (Wildman–Crippen MR) is 212 cm³/mol. The highest BCUT2D eigenvalue weighted by atomic mass is 19.1. The molecule has 1 saturated carbocycles. The number of ether oxygens (including phenoxy) is 2. The molecule has 0 heterocycles. The van der Waals surface area contributed by atoms with Gasteiger partial charge in [-0.15, -0.1) is 0 Å². The minimum absolute atomic E-state index is 0. The molecule has 0 atom stereocenters. The monoisotopic (exact) mass is 805 g/mol. The van der Waals surface area contributed by atoms with Crippen molar-refractivity contribution in [1.82, 2.24) is 0 Å². The normalized spacial score (nSPS) is 14.3. The van der Waals surface area contributed by atoms with Gasteiger partial charge in [-0.2, -0.15) is 15.8 Å². The third-order valence-electron chi connectivity index (χ3n) is 9.34. The van der Waals surface area contributed by atoms with Crippen LogP contribution < -0.4 is 9.47 Å². The molecular formula is C47H40F5N3O4. The van der Waals surface area contributed by atoms with Gasteiger partial charge >= 0.3 is 11.9 Å². The van der Waals surface area contributed by atoms with E-state index < -0.39 is 52.2 Å². The highest BCUT2D eigenvalue weighted by Gasteiger charge is 2.22. The van der Waals surface area contributed by atoms with Crippen LogP contribution in [0.2, 0.25) is 0 Å². The molecule has 0 N–H and O–H groups in total. The van der Waals surface area contributed by atoms with Crippen LogP contribution in [0.1, 0.15) is 101 Å². The van der Waals surface area contributed by atoms with Gasteiger partial charge in [-0.1, -0.05) is 61.7 Å². The van der Waals surface area contributed by atoms with Crippen molar-refractivity contribution in [3.05, 3.63) is 177 Å². The van der Waals surface area contributed by atoms with Gasteiger partial charge in [-0.3, -0.25) is 0 Å². The zero-order valence-corrected chi connectivity index (χ0v) is 32.4. The third kappa shape index (κ3) is 12.7. The zero-order chi connectivity index (χ0) is 43.1. The fraction of sp³-hybridized carbons (Fsp3) is 0.213. The van der Waals surface area contributed by atoms with Crippen LogP contribution in [0.5, 0.6) is 11.5 Å². The summed E-state index contributed by atoms with van der Waals surface area (Å²) in [5, 5.41) is 25.8. The second-order valence-corrected chi connectivity index (χ2v) is 13.7. The number of carbonyl (C=O) groups is 2. The summed E-state index contributed by atoms with van der Waals surface area (Å²) in [4.78, 5) is 23.8. The van der Waals surface area contributed by atoms with Gasteiger partial charge in [0.1, 0.15) is 69.9 Å². The van der Waals surface area contributed by atoms with Crippen LogP contribution in [0.25, 0.3) is 0 Å². The van der Waals surface area contributed by atoms with E-state index in [0.717, 1.165) is 61.4 Å². The number of carbonyl (C=O) groups excluding carboxylic acids is 2. The summed E-state index contributed by atoms with van der Waals surface area (Å²) in [5.41, 5.74) is 2.13. The lowest BCUT2D eigenvalue weighted by Gasteiger charge is -2.26. The van der Waals surface area contributed by atoms with E-state index in [9.17, 15) is 31.5 Å². The second-order valence-electron chi connectivity index (χ2n) is 13.7. The highest BCUT2D eigenvalue weighted by molar-refractivity contribution is 5.91. The van der Waals surface area contributed by atoms with E-state index in [4.69, 9.17) is 25.3 Å². The molecule has 7 nitrogen and oxygen atoms in total. The summed E-state index contributed by atoms with van der Waals surface area (Å²) in [7, 11) is 0. The van der Waals surface area contributed by atoms with Crippen molar-refractivity contribution in [3.8, 4) is 29.7 Å². The maximum Gasteiger partial charge on any atom is 0.343 e. The maximum absolute atomic E-state index is 13.5. The first-order chi connectivity index (χ1) is 28.3. The lowest BCUT2D eigenvalue weighted by Crippen LogP contribution is -2.11. The largest absolute Gasteiger partial charge is 0.423 e. The van der Waals surface area contributed by atoms with Gasteiger partial charge in [-0.05, 0) is 105 Å². The van der Waals surface area contributed by atoms with Crippen molar-refractivity contribution >= 4 is 11.9 Å². The Morgan fingerprint density at radius 2 is 1.14 bits per heavy atom. The number of hydrogen-bond donors (Lipinski definition) is 0. The molecular weight excluding hydrogens is 766 g/mol. The number of nitrogens with zero attached hydrogens (tertiary/aromatic N) is 3. The van der Waals surface area contributed by atoms with Crippen LogP contribution in [0.4, 0.5) is 22.0 Å². The van der Waals surface area contributed by atoms with Crippen LogP contribution in [0.3, 0.4) is 0 Å². The lowest BCUT2D eigenvalue weighted by molar-refractivity contribution is 0.0724. The number of benzene rings is 5. The molecule has 1 fully saturated rings. The first-order valence-electron chi connectivity index (χ1n) is 18.5. The van der Waals surface area contributed by atoms with Crippen molar-refractivity contribution in [3.63, 3.8) is 0 Å². The number of rotatable bonds is 7. The van der Waals surface area contributed by atoms with Crippen LogP contribution in [0, 0.1) is 75.9 Å². The predicted octanol–water partition coefficient (Wildman–Crippen LogP) is 11.8. The first kappa shape index (κ1) is 44.6. The van der Waals surface area contributed by atoms with Gasteiger partial charge in [-0.25, -0.2) is 31.5 Å². The zero-order valence-electron chi connectivity index (χ0n) is 32.4. The Kier molecular flexibility index (Phi) is 16.2. The molecule has 1 aliphatic carbocycles. The van der Waals surface area contributed by atoms with E-state index in [0.29, 0.717) is 17.0 Å². The molecule has 0 aliphatic heterocycles. The van der Waals surface area contributed by atoms with E-state index in [1.807, 2.05) is 26.0 Å². The molecule has 0 aromatic heterocycles. The number of aryl methyl sites for hydroxylation is 1. The highest BCUT2D eigenvalue weighted by Crippen LogP contribution is 2.36. The number of hydrogen-bond acceptors (Lipinski definition) is 7. The average molecular weight is 806 g/mol. The molecule has 1 aliphatic rings. The average Bonchev–Trinajstić information content (AvgIpc) is 3.21. The summed E-state index contributed by atoms with van der Waals surface area (Å²) < 4.78 is 77.2. The van der Waals surface area contributed by atoms with Crippen molar-refractivity contribution in [2.45, 2.75) is 58.8 Å². The van der Waals surface area contributed by atoms with Crippen molar-refractivity contribution in [2.24, 2.45) is 5.92 Å². The molecule has 0 radical (unpaired) electrons. The summed E-state index contributed by atoms with van der Waals surface area (Å²) >= 11 is 0. The van der Waals surface area contributed by atoms with E-state index >= 15 is 0 Å². The molecule has 6 rings (SSSR count). The van der Waals surface area contributed by atoms with E-state index in [1.54, 1.807) is 60.7 Å². The molecule has 0 unspecified atom stereocenters. The smallest absolute Gasteiger partial charge is 0.343 e. The van der Waals surface area contributed by atoms with Crippen molar-refractivity contribution < 1.29 is 42.4 Å². The molecule has 59 heavy (non-hydrogen) atoms. The van der Waals surface area contributed by atoms with Crippen LogP contribution >= 0.6 is 0 Å². The number of halogens is 5. The minimum Gasteiger partial charge on any atom is -0.423 e. The Balaban J connectivity index is 0.000000241. The Morgan fingerprint density at radius 3 is 1.61 bits per heavy atom. The summed E-state index contributed by atoms with van der Waals surface area (Å²) in [5.74, 6) is -4.89. The summed E-state index contributed by atoms with van der Waals surface area (Å²) in [6.45, 7) is 6.03. The third-order valence-corrected chi connectivity index (χ3v) is 9.34. The van der Waals surface area contributed by atoms with Gasteiger partial charge in [0.25, 0.3) is 0 Å². The summed E-state index contributed by atoms with van der Waals surface area (Å²) in [6.07, 6.45) is 8.82. The van der Waals surface area contributed by atoms with Crippen LogP contribution in [-0.2, 0) is 6.42 Å². The molecule has 5 aromatic carbocycles. The van der Waals surface area contributed by atoms with E-state index in [2.05, 4.69) is 6.92 Å². The Bertz CT molecular complexity index is 2400. The summed E-state index contributed by atoms with van der Waals surface area (Å²) in [6, 6.07) is 26.1. The van der Waals surface area contributed by atoms with Gasteiger partial charge in [0.15, 0.2) is 0 Å². The number of nitriles is 3. The number of allylic oxidation sites excluding steroid dienone is 2. The Hall–Kier alpha value is -7.10. The molecule has 5 aromatic rings. The first-order valence-corrected chi connectivity index (χ1v) is 18.5. The fourth-order valence-corrected chi connectivity index (χ4v) is 5.95. The maximum atomic E-state index is 13.5. The van der Waals surface area contributed by atoms with Gasteiger partial charge in [0.2, 0.25) is 0 Å². The van der Waals surface area contributed by atoms with Gasteiger partial charge in [0.05, 0.1) is 16.7 Å². The second kappa shape index (κ2) is 21.4. The van der Waals surface area contributed by atoms with Crippen molar-refractivity contribution in [1.29, 1.82) is 15.8 Å². The quantitative estimate of drug-likeness (QED) is 0.0694. The topological polar surface area (TPSA) is 124 Å². The molecule has 0 bridgehead atoms. The SMILES string of the molecule is C/C=C/Cc1ccc(C(=O)Oc2cc(F)c(C#N)c(F)c2)cc1.CC1CCC(c2cc(F)c(C#N)c(F)c2)CC1.Cc1ccc(C(=O)Oc2ccc(C#N)c(F)c2)cc1.[HH]. The van der Waals surface area contributed by atoms with Gasteiger partial charge < -0.3 is 9.47 Å². The number of esters is 2. The minimum atomic E-state index is -1.07. The molecule has 0 amide bonds. The Labute approximate surface area is 340 Å². The van der Waals surface area contributed by atoms with Crippen molar-refractivity contribution in [2.75, 3.05) is 0 Å². The van der Waals surface area contributed by atoms with E-state index in [-0.39, 0.29) is 30.0 Å². The molecule has 0 saturated heterocycles. The molecule has 302 valence electrons. The fourth-order valence-electron chi connectivity index (χ4n) is 5.95. The van der Waals surface area contributed by atoms with Gasteiger partial charge in [0, 0.05) is 19.6 Å². The van der Waals surface area contributed by atoms with Crippen LogP contribution in [0.15, 0.2) is 103 Å². The van der Waals surface area contributed by atoms with Crippen LogP contribution in [-0.4, -0.2) is 11.9 Å². The molecule has 0 spiro atoms. The molecule has 12 heteroatoms.